The minimum Gasteiger partial charge on any atom is -0.299 e. The zero-order valence-electron chi connectivity index (χ0n) is 7.03. The van der Waals surface area contributed by atoms with Crippen LogP contribution in [-0.4, -0.2) is 5.78 Å². The summed E-state index contributed by atoms with van der Waals surface area (Å²) in [7, 11) is 0. The highest BCUT2D eigenvalue weighted by Crippen LogP contribution is 2.10. The molecule has 0 radical (unpaired) electrons. The van der Waals surface area contributed by atoms with Crippen LogP contribution in [0.3, 0.4) is 0 Å². The Morgan fingerprint density at radius 1 is 1.45 bits per heavy atom. The van der Waals surface area contributed by atoms with E-state index in [1.165, 1.54) is 6.42 Å². The molecule has 0 aliphatic rings. The molecule has 0 atom stereocenters. The molecule has 0 spiro atoms. The summed E-state index contributed by atoms with van der Waals surface area (Å²) in [4.78, 5) is 11.0. The summed E-state index contributed by atoms with van der Waals surface area (Å²) in [5.41, 5.74) is 0. The summed E-state index contributed by atoms with van der Waals surface area (Å²) in [6, 6.07) is 0. The lowest BCUT2D eigenvalue weighted by Gasteiger charge is -1.97. The highest BCUT2D eigenvalue weighted by molar-refractivity contribution is 9.11. The molecule has 0 aliphatic heterocycles. The third kappa shape index (κ3) is 7.79. The first-order valence-corrected chi connectivity index (χ1v) is 4.81. The molecule has 0 N–H and O–H groups in total. The van der Waals surface area contributed by atoms with Crippen LogP contribution < -0.4 is 0 Å². The third-order valence-electron chi connectivity index (χ3n) is 1.45. The van der Waals surface area contributed by atoms with Crippen LogP contribution in [-0.2, 0) is 4.79 Å². The number of allylic oxidation sites excluding steroid dienone is 1. The van der Waals surface area contributed by atoms with Crippen molar-refractivity contribution in [1.82, 2.24) is 0 Å². The fourth-order valence-electron chi connectivity index (χ4n) is 0.874. The number of Topliss-reactive ketones (excluding diaryl/α,β-unsaturated/α-hetero) is 1. The van der Waals surface area contributed by atoms with Crippen molar-refractivity contribution < 1.29 is 4.79 Å². The Bertz CT molecular complexity index is 140. The van der Waals surface area contributed by atoms with E-state index in [1.807, 2.05) is 0 Å². The Kier molecular flexibility index (Phi) is 6.52. The van der Waals surface area contributed by atoms with E-state index in [1.54, 1.807) is 0 Å². The van der Waals surface area contributed by atoms with Crippen molar-refractivity contribution in [2.75, 3.05) is 0 Å². The third-order valence-corrected chi connectivity index (χ3v) is 1.73. The van der Waals surface area contributed by atoms with E-state index in [0.29, 0.717) is 18.6 Å². The van der Waals surface area contributed by atoms with Gasteiger partial charge in [0, 0.05) is 12.8 Å². The minimum absolute atomic E-state index is 0.292. The molecule has 2 heteroatoms. The summed E-state index contributed by atoms with van der Waals surface area (Å²) < 4.78 is 0.791. The van der Waals surface area contributed by atoms with E-state index < -0.39 is 0 Å². The largest absolute Gasteiger partial charge is 0.299 e. The second kappa shape index (κ2) is 6.59. The molecule has 64 valence electrons. The van der Waals surface area contributed by atoms with Gasteiger partial charge in [-0.15, -0.1) is 0 Å². The predicted molar refractivity (Wildman–Crippen MR) is 51.8 cm³/mol. The van der Waals surface area contributed by atoms with Crippen LogP contribution >= 0.6 is 15.9 Å². The predicted octanol–water partition coefficient (Wildman–Crippen LogP) is 3.43. The first kappa shape index (κ1) is 10.9. The molecule has 0 rings (SSSR count). The van der Waals surface area contributed by atoms with E-state index in [2.05, 4.69) is 29.4 Å². The average Bonchev–Trinajstić information content (AvgIpc) is 1.86. The zero-order valence-corrected chi connectivity index (χ0v) is 8.61. The molecule has 0 unspecified atom stereocenters. The molecule has 0 fully saturated rings. The SMILES string of the molecule is C=C(Br)CC(=O)CCCCC. The van der Waals surface area contributed by atoms with Gasteiger partial charge in [-0.05, 0) is 10.9 Å². The summed E-state index contributed by atoms with van der Waals surface area (Å²) in [5, 5.41) is 0. The number of unbranched alkanes of at least 4 members (excludes halogenated alkanes) is 2. The second-order valence-corrected chi connectivity index (χ2v) is 3.81. The summed E-state index contributed by atoms with van der Waals surface area (Å²) >= 11 is 3.17. The van der Waals surface area contributed by atoms with E-state index in [0.717, 1.165) is 17.3 Å². The fourth-order valence-corrected chi connectivity index (χ4v) is 1.19. The van der Waals surface area contributed by atoms with Gasteiger partial charge in [-0.3, -0.25) is 4.79 Å². The van der Waals surface area contributed by atoms with Gasteiger partial charge in [0.15, 0.2) is 0 Å². The van der Waals surface area contributed by atoms with E-state index in [9.17, 15) is 4.79 Å². The van der Waals surface area contributed by atoms with Gasteiger partial charge in [0.05, 0.1) is 0 Å². The zero-order chi connectivity index (χ0) is 8.69. The van der Waals surface area contributed by atoms with Gasteiger partial charge in [0.25, 0.3) is 0 Å². The molecule has 0 bridgehead atoms. The van der Waals surface area contributed by atoms with Crippen LogP contribution in [0.2, 0.25) is 0 Å². The van der Waals surface area contributed by atoms with Gasteiger partial charge in [-0.1, -0.05) is 42.3 Å². The van der Waals surface area contributed by atoms with Crippen LogP contribution in [0.4, 0.5) is 0 Å². The Morgan fingerprint density at radius 2 is 2.09 bits per heavy atom. The summed E-state index contributed by atoms with van der Waals surface area (Å²) in [5.74, 6) is 0.292. The molecular weight excluding hydrogens is 204 g/mol. The van der Waals surface area contributed by atoms with Crippen molar-refractivity contribution in [3.05, 3.63) is 11.1 Å². The standard InChI is InChI=1S/C9H15BrO/c1-3-4-5-6-9(11)7-8(2)10/h2-7H2,1H3. The lowest BCUT2D eigenvalue weighted by molar-refractivity contribution is -0.118. The van der Waals surface area contributed by atoms with Gasteiger partial charge >= 0.3 is 0 Å². The van der Waals surface area contributed by atoms with Crippen molar-refractivity contribution >= 4 is 21.7 Å². The molecule has 0 amide bonds. The molecule has 0 saturated carbocycles. The Balaban J connectivity index is 3.30. The van der Waals surface area contributed by atoms with Gasteiger partial charge < -0.3 is 0 Å². The van der Waals surface area contributed by atoms with Gasteiger partial charge in [-0.2, -0.15) is 0 Å². The molecule has 0 saturated heterocycles. The quantitative estimate of drug-likeness (QED) is 0.625. The topological polar surface area (TPSA) is 17.1 Å². The molecule has 0 heterocycles. The van der Waals surface area contributed by atoms with Crippen LogP contribution in [0.25, 0.3) is 0 Å². The van der Waals surface area contributed by atoms with E-state index in [4.69, 9.17) is 0 Å². The Labute approximate surface area is 77.0 Å². The maximum Gasteiger partial charge on any atom is 0.137 e. The molecular formula is C9H15BrO. The highest BCUT2D eigenvalue weighted by atomic mass is 79.9. The lowest BCUT2D eigenvalue weighted by atomic mass is 10.1. The van der Waals surface area contributed by atoms with Crippen molar-refractivity contribution in [3.8, 4) is 0 Å². The summed E-state index contributed by atoms with van der Waals surface area (Å²) in [6.45, 7) is 5.75. The number of halogens is 1. The van der Waals surface area contributed by atoms with Gasteiger partial charge in [0.2, 0.25) is 0 Å². The van der Waals surface area contributed by atoms with E-state index >= 15 is 0 Å². The number of hydrogen-bond acceptors (Lipinski definition) is 1. The number of carbonyl (C=O) groups excluding carboxylic acids is 1. The number of ketones is 1. The number of hydrogen-bond donors (Lipinski definition) is 0. The van der Waals surface area contributed by atoms with Crippen LogP contribution in [0, 0.1) is 0 Å². The maximum atomic E-state index is 11.0. The van der Waals surface area contributed by atoms with Crippen LogP contribution in [0.1, 0.15) is 39.0 Å². The first-order valence-electron chi connectivity index (χ1n) is 4.01. The minimum atomic E-state index is 0.292. The second-order valence-electron chi connectivity index (χ2n) is 2.69. The lowest BCUT2D eigenvalue weighted by Crippen LogP contribution is -1.96. The van der Waals surface area contributed by atoms with Crippen LogP contribution in [0.15, 0.2) is 11.1 Å². The highest BCUT2D eigenvalue weighted by Gasteiger charge is 2.01. The number of carbonyl (C=O) groups is 1. The average molecular weight is 219 g/mol. The van der Waals surface area contributed by atoms with Gasteiger partial charge in [0.1, 0.15) is 5.78 Å². The monoisotopic (exact) mass is 218 g/mol. The van der Waals surface area contributed by atoms with Crippen molar-refractivity contribution in [2.24, 2.45) is 0 Å². The van der Waals surface area contributed by atoms with Crippen molar-refractivity contribution in [3.63, 3.8) is 0 Å². The summed E-state index contributed by atoms with van der Waals surface area (Å²) in [6.07, 6.45) is 4.54. The fraction of sp³-hybridized carbons (Fsp3) is 0.667. The normalized spacial score (nSPS) is 9.64. The van der Waals surface area contributed by atoms with Crippen molar-refractivity contribution in [1.29, 1.82) is 0 Å². The Morgan fingerprint density at radius 3 is 2.55 bits per heavy atom. The smallest absolute Gasteiger partial charge is 0.137 e. The number of rotatable bonds is 6. The molecule has 0 aromatic rings. The maximum absolute atomic E-state index is 11.0. The van der Waals surface area contributed by atoms with Gasteiger partial charge in [-0.25, -0.2) is 0 Å². The Hall–Kier alpha value is -0.110. The van der Waals surface area contributed by atoms with E-state index in [-0.39, 0.29) is 0 Å². The molecule has 0 aromatic carbocycles. The molecule has 0 aliphatic carbocycles. The first-order chi connectivity index (χ1) is 5.16. The molecule has 0 aromatic heterocycles. The molecule has 1 nitrogen and oxygen atoms in total. The van der Waals surface area contributed by atoms with Crippen molar-refractivity contribution in [2.45, 2.75) is 39.0 Å². The molecule has 11 heavy (non-hydrogen) atoms. The van der Waals surface area contributed by atoms with Crippen LogP contribution in [0.5, 0.6) is 0 Å².